The first kappa shape index (κ1) is 24.2. The van der Waals surface area contributed by atoms with Gasteiger partial charge in [-0.1, -0.05) is 5.21 Å². The first-order chi connectivity index (χ1) is 17.7. The summed E-state index contributed by atoms with van der Waals surface area (Å²) >= 11 is 0. The monoisotopic (exact) mass is 509 g/mol. The van der Waals surface area contributed by atoms with E-state index < -0.39 is 11.4 Å². The van der Waals surface area contributed by atoms with Crippen LogP contribution >= 0.6 is 0 Å². The second-order valence-electron chi connectivity index (χ2n) is 11.9. The topological polar surface area (TPSA) is 120 Å². The third kappa shape index (κ3) is 4.24. The minimum Gasteiger partial charge on any atom is -0.488 e. The Morgan fingerprint density at radius 1 is 1.19 bits per heavy atom. The fourth-order valence-corrected chi connectivity index (χ4v) is 6.25. The summed E-state index contributed by atoms with van der Waals surface area (Å²) in [5, 5.41) is 18.2. The zero-order valence-corrected chi connectivity index (χ0v) is 21.8. The van der Waals surface area contributed by atoms with Gasteiger partial charge in [0.1, 0.15) is 23.7 Å². The summed E-state index contributed by atoms with van der Waals surface area (Å²) in [6.07, 6.45) is 7.69. The fraction of sp³-hybridized carbons (Fsp3) is 0.667. The van der Waals surface area contributed by atoms with E-state index >= 15 is 0 Å². The summed E-state index contributed by atoms with van der Waals surface area (Å²) in [5.74, 6) is 1.07. The Balaban J connectivity index is 1.19. The number of ether oxygens (including phenoxy) is 2. The van der Waals surface area contributed by atoms with Crippen molar-refractivity contribution >= 4 is 12.1 Å². The van der Waals surface area contributed by atoms with Crippen LogP contribution in [0.1, 0.15) is 82.0 Å². The van der Waals surface area contributed by atoms with Crippen LogP contribution in [0, 0.1) is 11.3 Å². The number of aryl methyl sites for hydroxylation is 1. The largest absolute Gasteiger partial charge is 0.488 e. The standard InChI is InChI=1S/C27H35N5O5/c1-26(24(33)34)10-4-5-18(14-26)37-21-9-8-19(28-22(21)17-6-7-17)23-20(32(3)30-29-23)15-36-25(35)31(2)27-11-16(12-27)13-27/h8-9,16-18H,4-7,10-15H2,1-3H3,(H,33,34)/t16?,18-,26-,27?/m0/s1. The smallest absolute Gasteiger partial charge is 0.410 e. The van der Waals surface area contributed by atoms with Gasteiger partial charge in [-0.05, 0) is 76.3 Å². The number of carboxylic acids is 1. The normalized spacial score (nSPS) is 30.1. The number of carbonyl (C=O) groups excluding carboxylic acids is 1. The van der Waals surface area contributed by atoms with E-state index in [9.17, 15) is 14.7 Å². The molecular formula is C27H35N5O5. The molecular weight excluding hydrogens is 474 g/mol. The zero-order chi connectivity index (χ0) is 25.9. The summed E-state index contributed by atoms with van der Waals surface area (Å²) in [7, 11) is 3.61. The molecule has 0 unspecified atom stereocenters. The summed E-state index contributed by atoms with van der Waals surface area (Å²) in [4.78, 5) is 31.2. The van der Waals surface area contributed by atoms with Gasteiger partial charge >= 0.3 is 12.1 Å². The number of hydrogen-bond acceptors (Lipinski definition) is 7. The van der Waals surface area contributed by atoms with E-state index in [0.717, 1.165) is 62.3 Å². The highest BCUT2D eigenvalue weighted by Crippen LogP contribution is 2.60. The lowest BCUT2D eigenvalue weighted by Crippen LogP contribution is -2.68. The second-order valence-corrected chi connectivity index (χ2v) is 11.9. The minimum atomic E-state index is -0.761. The van der Waals surface area contributed by atoms with Crippen molar-refractivity contribution in [3.05, 3.63) is 23.5 Å². The molecule has 2 heterocycles. The molecule has 2 atom stereocenters. The number of pyridine rings is 1. The highest BCUT2D eigenvalue weighted by molar-refractivity contribution is 5.74. The van der Waals surface area contributed by atoms with Crippen molar-refractivity contribution in [1.82, 2.24) is 24.9 Å². The van der Waals surface area contributed by atoms with Crippen molar-refractivity contribution in [2.45, 2.75) is 88.9 Å². The SMILES string of the molecule is CN(C(=O)OCc1c(-c2ccc(O[C@H]3CCC[C@](C)(C(=O)O)C3)c(C3CC3)n2)nnn1C)C12CC(C1)C2. The third-order valence-electron chi connectivity index (χ3n) is 9.10. The Morgan fingerprint density at radius 3 is 2.59 bits per heavy atom. The number of amides is 1. The molecule has 0 aromatic carbocycles. The summed E-state index contributed by atoms with van der Waals surface area (Å²) in [5.41, 5.74) is 2.08. The quantitative estimate of drug-likeness (QED) is 0.560. The molecule has 7 rings (SSSR count). The van der Waals surface area contributed by atoms with Crippen LogP contribution in [0.25, 0.3) is 11.4 Å². The molecule has 0 saturated heterocycles. The van der Waals surface area contributed by atoms with Crippen molar-refractivity contribution in [1.29, 1.82) is 0 Å². The van der Waals surface area contributed by atoms with Gasteiger partial charge in [0, 0.05) is 32.0 Å². The Morgan fingerprint density at radius 2 is 1.95 bits per heavy atom. The summed E-state index contributed by atoms with van der Waals surface area (Å²) < 4.78 is 13.7. The van der Waals surface area contributed by atoms with Crippen molar-refractivity contribution in [3.63, 3.8) is 0 Å². The number of hydrogen-bond donors (Lipinski definition) is 1. The van der Waals surface area contributed by atoms with Gasteiger partial charge in [-0.15, -0.1) is 5.10 Å². The molecule has 5 fully saturated rings. The van der Waals surface area contributed by atoms with E-state index in [2.05, 4.69) is 10.3 Å². The van der Waals surface area contributed by atoms with Crippen LogP contribution in [0.4, 0.5) is 4.79 Å². The lowest BCUT2D eigenvalue weighted by molar-refractivity contribution is -0.151. The highest BCUT2D eigenvalue weighted by Gasteiger charge is 2.60. The molecule has 2 aromatic heterocycles. The van der Waals surface area contributed by atoms with Crippen LogP contribution in [0.15, 0.2) is 12.1 Å². The molecule has 198 valence electrons. The van der Waals surface area contributed by atoms with E-state index in [-0.39, 0.29) is 24.3 Å². The summed E-state index contributed by atoms with van der Waals surface area (Å²) in [6.45, 7) is 1.87. The number of aliphatic carboxylic acids is 1. The minimum absolute atomic E-state index is 0.00603. The second kappa shape index (κ2) is 8.70. The molecule has 1 amide bonds. The molecule has 2 aromatic rings. The lowest BCUT2D eigenvalue weighted by Gasteiger charge is -2.64. The van der Waals surface area contributed by atoms with Gasteiger partial charge < -0.3 is 19.5 Å². The molecule has 0 spiro atoms. The van der Waals surface area contributed by atoms with Crippen molar-refractivity contribution in [3.8, 4) is 17.1 Å². The molecule has 0 radical (unpaired) electrons. The van der Waals surface area contributed by atoms with E-state index in [0.29, 0.717) is 35.8 Å². The molecule has 1 N–H and O–H groups in total. The molecule has 37 heavy (non-hydrogen) atoms. The first-order valence-electron chi connectivity index (χ1n) is 13.4. The van der Waals surface area contributed by atoms with Crippen molar-refractivity contribution in [2.24, 2.45) is 18.4 Å². The maximum Gasteiger partial charge on any atom is 0.410 e. The Hall–Kier alpha value is -3.17. The maximum absolute atomic E-state index is 12.7. The zero-order valence-electron chi connectivity index (χ0n) is 21.8. The first-order valence-corrected chi connectivity index (χ1v) is 13.4. The third-order valence-corrected chi connectivity index (χ3v) is 9.10. The predicted molar refractivity (Wildman–Crippen MR) is 133 cm³/mol. The number of aromatic nitrogens is 4. The number of nitrogens with zero attached hydrogens (tertiary/aromatic N) is 5. The average Bonchev–Trinajstić information content (AvgIpc) is 3.58. The van der Waals surface area contributed by atoms with Crippen molar-refractivity contribution in [2.75, 3.05) is 7.05 Å². The lowest BCUT2D eigenvalue weighted by atomic mass is 9.49. The van der Waals surface area contributed by atoms with Crippen LogP contribution in [0.5, 0.6) is 5.75 Å². The van der Waals surface area contributed by atoms with Crippen LogP contribution in [0.3, 0.4) is 0 Å². The maximum atomic E-state index is 12.7. The molecule has 2 bridgehead atoms. The molecule has 5 saturated carbocycles. The number of carbonyl (C=O) groups is 2. The van der Waals surface area contributed by atoms with E-state index in [1.54, 1.807) is 16.6 Å². The van der Waals surface area contributed by atoms with Gasteiger partial charge in [0.2, 0.25) is 0 Å². The molecule has 5 aliphatic carbocycles. The molecule has 10 heteroatoms. The van der Waals surface area contributed by atoms with Gasteiger partial charge in [-0.3, -0.25) is 4.79 Å². The van der Waals surface area contributed by atoms with Gasteiger partial charge in [-0.2, -0.15) is 0 Å². The number of carboxylic acid groups (broad SMARTS) is 1. The Labute approximate surface area is 216 Å². The van der Waals surface area contributed by atoms with Gasteiger partial charge in [0.15, 0.2) is 0 Å². The van der Waals surface area contributed by atoms with E-state index in [1.807, 2.05) is 26.1 Å². The number of rotatable bonds is 8. The van der Waals surface area contributed by atoms with Gasteiger partial charge in [0.05, 0.1) is 22.9 Å². The highest BCUT2D eigenvalue weighted by atomic mass is 16.6. The van der Waals surface area contributed by atoms with Gasteiger partial charge in [0.25, 0.3) is 0 Å². The summed E-state index contributed by atoms with van der Waals surface area (Å²) in [6, 6.07) is 3.79. The van der Waals surface area contributed by atoms with Crippen LogP contribution in [-0.2, 0) is 23.2 Å². The molecule has 0 aliphatic heterocycles. The van der Waals surface area contributed by atoms with Crippen LogP contribution in [0.2, 0.25) is 0 Å². The van der Waals surface area contributed by atoms with E-state index in [4.69, 9.17) is 14.5 Å². The van der Waals surface area contributed by atoms with Crippen LogP contribution < -0.4 is 4.74 Å². The van der Waals surface area contributed by atoms with Crippen molar-refractivity contribution < 1.29 is 24.2 Å². The predicted octanol–water partition coefficient (Wildman–Crippen LogP) is 4.29. The molecule has 10 nitrogen and oxygen atoms in total. The average molecular weight is 510 g/mol. The van der Waals surface area contributed by atoms with Crippen LogP contribution in [-0.4, -0.2) is 60.7 Å². The Kier molecular flexibility index (Phi) is 5.69. The van der Waals surface area contributed by atoms with E-state index in [1.165, 1.54) is 0 Å². The Bertz CT molecular complexity index is 1220. The fourth-order valence-electron chi connectivity index (χ4n) is 6.25. The van der Waals surface area contributed by atoms with Gasteiger partial charge in [-0.25, -0.2) is 14.5 Å². The molecule has 5 aliphatic rings.